The standard InChI is InChI=1S/C11H22ClNO2/c1-11(2,9-12)10(14)13-7-5-4-6-8-15-3/h4-9H2,1-3H3,(H,13,14). The quantitative estimate of drug-likeness (QED) is 0.517. The van der Waals surface area contributed by atoms with E-state index >= 15 is 0 Å². The minimum Gasteiger partial charge on any atom is -0.385 e. The van der Waals surface area contributed by atoms with E-state index in [9.17, 15) is 4.79 Å². The molecule has 0 aromatic carbocycles. The molecular weight excluding hydrogens is 214 g/mol. The summed E-state index contributed by atoms with van der Waals surface area (Å²) in [5.74, 6) is 0.381. The second-order valence-electron chi connectivity index (χ2n) is 4.33. The highest BCUT2D eigenvalue weighted by Crippen LogP contribution is 2.16. The number of carbonyl (C=O) groups excluding carboxylic acids is 1. The van der Waals surface area contributed by atoms with Crippen molar-refractivity contribution in [1.29, 1.82) is 0 Å². The van der Waals surface area contributed by atoms with Crippen LogP contribution in [0.25, 0.3) is 0 Å². The van der Waals surface area contributed by atoms with Crippen molar-refractivity contribution >= 4 is 17.5 Å². The van der Waals surface area contributed by atoms with Gasteiger partial charge in [0.1, 0.15) is 0 Å². The first-order chi connectivity index (χ1) is 7.04. The van der Waals surface area contributed by atoms with Gasteiger partial charge in [0.25, 0.3) is 0 Å². The van der Waals surface area contributed by atoms with E-state index in [0.717, 1.165) is 32.4 Å². The van der Waals surface area contributed by atoms with Crippen molar-refractivity contribution < 1.29 is 9.53 Å². The highest BCUT2D eigenvalue weighted by atomic mass is 35.5. The molecule has 3 nitrogen and oxygen atoms in total. The molecule has 0 unspecified atom stereocenters. The van der Waals surface area contributed by atoms with Gasteiger partial charge < -0.3 is 10.1 Å². The van der Waals surface area contributed by atoms with Crippen molar-refractivity contribution in [3.8, 4) is 0 Å². The normalized spacial score (nSPS) is 11.5. The zero-order valence-electron chi connectivity index (χ0n) is 9.94. The number of amides is 1. The van der Waals surface area contributed by atoms with E-state index in [4.69, 9.17) is 16.3 Å². The van der Waals surface area contributed by atoms with Gasteiger partial charge in [-0.2, -0.15) is 0 Å². The molecule has 15 heavy (non-hydrogen) atoms. The molecule has 0 bridgehead atoms. The Labute approximate surface area is 97.5 Å². The van der Waals surface area contributed by atoms with Crippen LogP contribution in [0, 0.1) is 5.41 Å². The predicted molar refractivity (Wildman–Crippen MR) is 63.2 cm³/mol. The monoisotopic (exact) mass is 235 g/mol. The van der Waals surface area contributed by atoms with Crippen LogP contribution >= 0.6 is 11.6 Å². The number of alkyl halides is 1. The molecule has 4 heteroatoms. The number of hydrogen-bond donors (Lipinski definition) is 1. The molecule has 0 saturated heterocycles. The summed E-state index contributed by atoms with van der Waals surface area (Å²) >= 11 is 5.69. The lowest BCUT2D eigenvalue weighted by molar-refractivity contribution is -0.128. The Morgan fingerprint density at radius 2 is 2.00 bits per heavy atom. The summed E-state index contributed by atoms with van der Waals surface area (Å²) in [7, 11) is 1.70. The predicted octanol–water partition coefficient (Wildman–Crippen LogP) is 2.18. The van der Waals surface area contributed by atoms with E-state index in [1.807, 2.05) is 13.8 Å². The summed E-state index contributed by atoms with van der Waals surface area (Å²) in [6, 6.07) is 0. The second-order valence-corrected chi connectivity index (χ2v) is 4.59. The van der Waals surface area contributed by atoms with Gasteiger partial charge in [0.2, 0.25) is 5.91 Å². The Hall–Kier alpha value is -0.280. The van der Waals surface area contributed by atoms with Gasteiger partial charge >= 0.3 is 0 Å². The number of halogens is 1. The van der Waals surface area contributed by atoms with Crippen LogP contribution in [0.5, 0.6) is 0 Å². The topological polar surface area (TPSA) is 38.3 Å². The van der Waals surface area contributed by atoms with E-state index in [2.05, 4.69) is 5.32 Å². The largest absolute Gasteiger partial charge is 0.385 e. The van der Waals surface area contributed by atoms with Crippen LogP contribution in [0.3, 0.4) is 0 Å². The Morgan fingerprint density at radius 3 is 2.53 bits per heavy atom. The third kappa shape index (κ3) is 6.74. The minimum atomic E-state index is -0.464. The summed E-state index contributed by atoms with van der Waals surface area (Å²) in [5, 5.41) is 2.89. The average molecular weight is 236 g/mol. The Balaban J connectivity index is 3.47. The highest BCUT2D eigenvalue weighted by molar-refractivity contribution is 6.19. The van der Waals surface area contributed by atoms with Crippen LogP contribution in [0.15, 0.2) is 0 Å². The van der Waals surface area contributed by atoms with E-state index in [1.54, 1.807) is 7.11 Å². The fourth-order valence-electron chi connectivity index (χ4n) is 1.05. The molecule has 1 amide bonds. The van der Waals surface area contributed by atoms with Crippen molar-refractivity contribution in [2.75, 3.05) is 26.1 Å². The van der Waals surface area contributed by atoms with Crippen LogP contribution in [0.1, 0.15) is 33.1 Å². The smallest absolute Gasteiger partial charge is 0.226 e. The zero-order chi connectivity index (χ0) is 11.7. The Bertz CT molecular complexity index is 183. The lowest BCUT2D eigenvalue weighted by Crippen LogP contribution is -2.38. The molecule has 0 spiro atoms. The van der Waals surface area contributed by atoms with E-state index in [0.29, 0.717) is 5.88 Å². The maximum absolute atomic E-state index is 11.6. The summed E-state index contributed by atoms with van der Waals surface area (Å²) in [6.45, 7) is 5.21. The molecule has 0 heterocycles. The summed E-state index contributed by atoms with van der Waals surface area (Å²) in [6.07, 6.45) is 3.12. The van der Waals surface area contributed by atoms with Gasteiger partial charge in [-0.25, -0.2) is 0 Å². The number of carbonyl (C=O) groups is 1. The Kier molecular flexibility index (Phi) is 7.79. The first-order valence-corrected chi connectivity index (χ1v) is 5.91. The highest BCUT2D eigenvalue weighted by Gasteiger charge is 2.25. The van der Waals surface area contributed by atoms with Crippen LogP contribution in [0.4, 0.5) is 0 Å². The number of ether oxygens (including phenoxy) is 1. The molecule has 0 rings (SSSR count). The number of unbranched alkanes of at least 4 members (excludes halogenated alkanes) is 2. The molecule has 0 fully saturated rings. The molecule has 0 atom stereocenters. The van der Waals surface area contributed by atoms with Crippen LogP contribution < -0.4 is 5.32 Å². The van der Waals surface area contributed by atoms with Crippen molar-refractivity contribution in [2.45, 2.75) is 33.1 Å². The molecule has 0 aliphatic rings. The second kappa shape index (κ2) is 7.94. The molecule has 90 valence electrons. The SMILES string of the molecule is COCCCCCNC(=O)C(C)(C)CCl. The van der Waals surface area contributed by atoms with Crippen LogP contribution in [-0.4, -0.2) is 32.0 Å². The van der Waals surface area contributed by atoms with Gasteiger partial charge in [-0.15, -0.1) is 11.6 Å². The fourth-order valence-corrected chi connectivity index (χ4v) is 1.17. The van der Waals surface area contributed by atoms with Gasteiger partial charge in [-0.3, -0.25) is 4.79 Å². The molecular formula is C11H22ClNO2. The van der Waals surface area contributed by atoms with Gasteiger partial charge in [-0.1, -0.05) is 0 Å². The molecule has 0 aromatic heterocycles. The molecule has 0 saturated carbocycles. The van der Waals surface area contributed by atoms with Gasteiger partial charge in [0.05, 0.1) is 5.41 Å². The van der Waals surface area contributed by atoms with Crippen molar-refractivity contribution in [1.82, 2.24) is 5.32 Å². The third-order valence-corrected chi connectivity index (χ3v) is 2.93. The number of hydrogen-bond acceptors (Lipinski definition) is 2. The first kappa shape index (κ1) is 14.7. The minimum absolute atomic E-state index is 0.0317. The summed E-state index contributed by atoms with van der Waals surface area (Å²) < 4.78 is 4.94. The molecule has 0 aliphatic heterocycles. The maximum Gasteiger partial charge on any atom is 0.226 e. The fraction of sp³-hybridized carbons (Fsp3) is 0.909. The van der Waals surface area contributed by atoms with Gasteiger partial charge in [-0.05, 0) is 33.1 Å². The lowest BCUT2D eigenvalue weighted by atomic mass is 9.95. The van der Waals surface area contributed by atoms with Gasteiger partial charge in [0, 0.05) is 26.1 Å². The third-order valence-electron chi connectivity index (χ3n) is 2.26. The van der Waals surface area contributed by atoms with Crippen LogP contribution in [0.2, 0.25) is 0 Å². The molecule has 0 aromatic rings. The molecule has 0 aliphatic carbocycles. The van der Waals surface area contributed by atoms with E-state index in [1.165, 1.54) is 0 Å². The zero-order valence-corrected chi connectivity index (χ0v) is 10.7. The molecule has 0 radical (unpaired) electrons. The molecule has 1 N–H and O–H groups in total. The Morgan fingerprint density at radius 1 is 1.33 bits per heavy atom. The maximum atomic E-state index is 11.6. The average Bonchev–Trinajstić information content (AvgIpc) is 2.22. The summed E-state index contributed by atoms with van der Waals surface area (Å²) in [5.41, 5.74) is -0.464. The number of methoxy groups -OCH3 is 1. The van der Waals surface area contributed by atoms with E-state index < -0.39 is 5.41 Å². The van der Waals surface area contributed by atoms with Crippen molar-refractivity contribution in [3.05, 3.63) is 0 Å². The van der Waals surface area contributed by atoms with Crippen molar-refractivity contribution in [3.63, 3.8) is 0 Å². The van der Waals surface area contributed by atoms with E-state index in [-0.39, 0.29) is 5.91 Å². The lowest BCUT2D eigenvalue weighted by Gasteiger charge is -2.20. The summed E-state index contributed by atoms with van der Waals surface area (Å²) in [4.78, 5) is 11.6. The van der Waals surface area contributed by atoms with Gasteiger partial charge in [0.15, 0.2) is 0 Å². The number of rotatable bonds is 8. The first-order valence-electron chi connectivity index (χ1n) is 5.38. The van der Waals surface area contributed by atoms with Crippen LogP contribution in [-0.2, 0) is 9.53 Å². The number of nitrogens with one attached hydrogen (secondary N) is 1. The van der Waals surface area contributed by atoms with Crippen molar-refractivity contribution in [2.24, 2.45) is 5.41 Å².